The van der Waals surface area contributed by atoms with Gasteiger partial charge in [-0.2, -0.15) is 8.42 Å². The second kappa shape index (κ2) is 4.58. The summed E-state index contributed by atoms with van der Waals surface area (Å²) in [7, 11) is -3.49. The Kier molecular flexibility index (Phi) is 2.78. The van der Waals surface area contributed by atoms with Gasteiger partial charge in [0.05, 0.1) is 6.26 Å². The van der Waals surface area contributed by atoms with E-state index in [-0.39, 0.29) is 0 Å². The zero-order valence-electron chi connectivity index (χ0n) is 12.0. The highest BCUT2D eigenvalue weighted by atomic mass is 32.2. The van der Waals surface area contributed by atoms with Crippen molar-refractivity contribution in [3.8, 4) is 0 Å². The summed E-state index contributed by atoms with van der Waals surface area (Å²) in [6.07, 6.45) is 11.6. The molecule has 4 heteroatoms. The topological polar surface area (TPSA) is 43.4 Å². The van der Waals surface area contributed by atoms with E-state index in [9.17, 15) is 8.42 Å². The summed E-state index contributed by atoms with van der Waals surface area (Å²) >= 11 is 0. The summed E-state index contributed by atoms with van der Waals surface area (Å²) in [4.78, 5) is 0. The fraction of sp³-hybridized carbons (Fsp3) is 0.111. The SMILES string of the molecule is CS(=O)(=O)OC1=CCc2c(ccc3c4c(ccc23)=CC=C4)=C1. The molecule has 4 rings (SSSR count). The van der Waals surface area contributed by atoms with Crippen molar-refractivity contribution in [2.75, 3.05) is 6.26 Å². The Balaban J connectivity index is 1.92. The summed E-state index contributed by atoms with van der Waals surface area (Å²) in [6.45, 7) is 0. The Morgan fingerprint density at radius 1 is 1.05 bits per heavy atom. The minimum atomic E-state index is -3.49. The molecule has 0 saturated heterocycles. The molecule has 2 aliphatic carbocycles. The molecule has 0 aromatic heterocycles. The van der Waals surface area contributed by atoms with Crippen molar-refractivity contribution in [2.45, 2.75) is 6.42 Å². The average molecular weight is 310 g/mol. The number of benzene rings is 2. The predicted molar refractivity (Wildman–Crippen MR) is 88.9 cm³/mol. The van der Waals surface area contributed by atoms with Crippen molar-refractivity contribution < 1.29 is 12.6 Å². The van der Waals surface area contributed by atoms with Crippen LogP contribution in [0.4, 0.5) is 0 Å². The van der Waals surface area contributed by atoms with Gasteiger partial charge in [0.25, 0.3) is 0 Å². The highest BCUT2D eigenvalue weighted by Crippen LogP contribution is 2.23. The highest BCUT2D eigenvalue weighted by Gasteiger charge is 2.13. The van der Waals surface area contributed by atoms with E-state index >= 15 is 0 Å². The van der Waals surface area contributed by atoms with Gasteiger partial charge in [0.2, 0.25) is 0 Å². The predicted octanol–water partition coefficient (Wildman–Crippen LogP) is 1.84. The molecule has 0 amide bonds. The summed E-state index contributed by atoms with van der Waals surface area (Å²) in [5.74, 6) is 0.392. The maximum absolute atomic E-state index is 11.3. The van der Waals surface area contributed by atoms with Crippen molar-refractivity contribution >= 4 is 39.1 Å². The van der Waals surface area contributed by atoms with Crippen LogP contribution in [0.3, 0.4) is 0 Å². The molecule has 0 fully saturated rings. The van der Waals surface area contributed by atoms with Crippen molar-refractivity contribution in [3.63, 3.8) is 0 Å². The van der Waals surface area contributed by atoms with Gasteiger partial charge in [0.15, 0.2) is 0 Å². The molecule has 2 aromatic carbocycles. The van der Waals surface area contributed by atoms with Crippen LogP contribution in [0.25, 0.3) is 29.0 Å². The van der Waals surface area contributed by atoms with Crippen LogP contribution in [0.1, 0.15) is 11.1 Å². The van der Waals surface area contributed by atoms with E-state index in [1.165, 1.54) is 27.1 Å². The van der Waals surface area contributed by atoms with Crippen LogP contribution < -0.4 is 10.4 Å². The highest BCUT2D eigenvalue weighted by molar-refractivity contribution is 7.86. The molecule has 0 atom stereocenters. The molecule has 3 nitrogen and oxygen atoms in total. The van der Waals surface area contributed by atoms with Gasteiger partial charge in [0, 0.05) is 0 Å². The quantitative estimate of drug-likeness (QED) is 0.795. The first-order chi connectivity index (χ1) is 10.5. The molecule has 0 aliphatic heterocycles. The molecular formula is C18H14O3S. The lowest BCUT2D eigenvalue weighted by molar-refractivity contribution is 0.429. The molecule has 0 heterocycles. The van der Waals surface area contributed by atoms with Crippen LogP contribution in [0.15, 0.2) is 42.2 Å². The Labute approximate surface area is 128 Å². The van der Waals surface area contributed by atoms with Crippen LogP contribution in [0.2, 0.25) is 0 Å². The Morgan fingerprint density at radius 2 is 1.82 bits per heavy atom. The third-order valence-electron chi connectivity index (χ3n) is 4.02. The normalized spacial score (nSPS) is 15.6. The minimum absolute atomic E-state index is 0.392. The maximum atomic E-state index is 11.3. The van der Waals surface area contributed by atoms with Gasteiger partial charge in [-0.1, -0.05) is 42.5 Å². The fourth-order valence-corrected chi connectivity index (χ4v) is 3.58. The summed E-state index contributed by atoms with van der Waals surface area (Å²) in [5, 5.41) is 4.70. The van der Waals surface area contributed by atoms with Gasteiger partial charge in [-0.15, -0.1) is 0 Å². The lowest BCUT2D eigenvalue weighted by Crippen LogP contribution is -2.16. The van der Waals surface area contributed by atoms with Crippen molar-refractivity contribution in [3.05, 3.63) is 63.7 Å². The van der Waals surface area contributed by atoms with Crippen LogP contribution in [-0.4, -0.2) is 14.7 Å². The third kappa shape index (κ3) is 2.16. The van der Waals surface area contributed by atoms with E-state index in [1.807, 2.05) is 12.1 Å². The molecule has 0 bridgehead atoms. The number of rotatable bonds is 2. The smallest absolute Gasteiger partial charge is 0.306 e. The van der Waals surface area contributed by atoms with E-state index in [0.29, 0.717) is 12.2 Å². The fourth-order valence-electron chi connectivity index (χ4n) is 3.12. The van der Waals surface area contributed by atoms with Gasteiger partial charge in [-0.05, 0) is 50.9 Å². The second-order valence-corrected chi connectivity index (χ2v) is 7.14. The lowest BCUT2D eigenvalue weighted by Gasteiger charge is -2.13. The number of fused-ring (bicyclic) bond motifs is 5. The largest absolute Gasteiger partial charge is 0.383 e. The Hall–Kier alpha value is -2.33. The summed E-state index contributed by atoms with van der Waals surface area (Å²) in [5.41, 5.74) is 2.46. The van der Waals surface area contributed by atoms with Crippen molar-refractivity contribution in [2.24, 2.45) is 0 Å². The molecule has 0 radical (unpaired) electrons. The van der Waals surface area contributed by atoms with Crippen molar-refractivity contribution in [1.82, 2.24) is 0 Å². The van der Waals surface area contributed by atoms with Crippen LogP contribution in [0.5, 0.6) is 0 Å². The van der Waals surface area contributed by atoms with E-state index < -0.39 is 10.1 Å². The third-order valence-corrected chi connectivity index (χ3v) is 4.51. The van der Waals surface area contributed by atoms with Gasteiger partial charge >= 0.3 is 10.1 Å². The van der Waals surface area contributed by atoms with Crippen LogP contribution in [0, 0.1) is 0 Å². The second-order valence-electron chi connectivity index (χ2n) is 5.57. The molecule has 110 valence electrons. The molecule has 22 heavy (non-hydrogen) atoms. The first-order valence-electron chi connectivity index (χ1n) is 7.06. The monoisotopic (exact) mass is 310 g/mol. The lowest BCUT2D eigenvalue weighted by atomic mass is 9.94. The zero-order chi connectivity index (χ0) is 15.3. The van der Waals surface area contributed by atoms with E-state index in [2.05, 4.69) is 36.4 Å². The van der Waals surface area contributed by atoms with Gasteiger partial charge in [0.1, 0.15) is 5.76 Å². The van der Waals surface area contributed by atoms with Gasteiger partial charge in [-0.3, -0.25) is 0 Å². The van der Waals surface area contributed by atoms with E-state index in [0.717, 1.165) is 11.5 Å². The Morgan fingerprint density at radius 3 is 2.64 bits per heavy atom. The molecular weight excluding hydrogens is 296 g/mol. The van der Waals surface area contributed by atoms with Crippen LogP contribution >= 0.6 is 0 Å². The van der Waals surface area contributed by atoms with E-state index in [4.69, 9.17) is 4.18 Å². The first-order valence-corrected chi connectivity index (χ1v) is 8.87. The van der Waals surface area contributed by atoms with Gasteiger partial charge < -0.3 is 4.18 Å². The number of hydrogen-bond donors (Lipinski definition) is 0. The maximum Gasteiger partial charge on any atom is 0.306 e. The Bertz CT molecular complexity index is 1090. The number of allylic oxidation sites excluding steroid dienone is 3. The van der Waals surface area contributed by atoms with E-state index in [1.54, 1.807) is 6.08 Å². The minimum Gasteiger partial charge on any atom is -0.383 e. The zero-order valence-corrected chi connectivity index (χ0v) is 12.9. The summed E-state index contributed by atoms with van der Waals surface area (Å²) < 4.78 is 27.5. The van der Waals surface area contributed by atoms with Crippen molar-refractivity contribution in [1.29, 1.82) is 0 Å². The van der Waals surface area contributed by atoms with Gasteiger partial charge in [-0.25, -0.2) is 0 Å². The molecule has 0 N–H and O–H groups in total. The molecule has 0 unspecified atom stereocenters. The first kappa shape index (κ1) is 13.3. The molecule has 0 spiro atoms. The summed E-state index contributed by atoms with van der Waals surface area (Å²) in [6, 6.07) is 8.39. The number of hydrogen-bond acceptors (Lipinski definition) is 3. The average Bonchev–Trinajstić information content (AvgIpc) is 2.93. The molecule has 0 saturated carbocycles. The molecule has 2 aliphatic rings. The van der Waals surface area contributed by atoms with Crippen LogP contribution in [-0.2, 0) is 20.7 Å². The molecule has 2 aromatic rings. The standard InChI is InChI=1S/C18H14O3S/c1-22(19,20)21-14-7-10-16-13(11-14)6-9-17-15-4-2-3-12(15)5-8-18(16)17/h2-9,11H,10H2,1H3.